The fraction of sp³-hybridized carbons (Fsp3) is 0.182. The van der Waals surface area contributed by atoms with Gasteiger partial charge in [-0.1, -0.05) is 18.2 Å². The zero-order chi connectivity index (χ0) is 23.1. The van der Waals surface area contributed by atoms with Gasteiger partial charge in [-0.2, -0.15) is 0 Å². The number of halogens is 1. The van der Waals surface area contributed by atoms with E-state index in [0.717, 1.165) is 10.9 Å². The second-order valence-electron chi connectivity index (χ2n) is 6.52. The van der Waals surface area contributed by atoms with Crippen LogP contribution < -0.4 is 10.1 Å². The molecule has 0 aliphatic rings. The smallest absolute Gasteiger partial charge is 0.338 e. The van der Waals surface area contributed by atoms with Gasteiger partial charge in [0.1, 0.15) is 5.82 Å². The average Bonchev–Trinajstić information content (AvgIpc) is 3.31. The molecule has 32 heavy (non-hydrogen) atoms. The van der Waals surface area contributed by atoms with Crippen LogP contribution in [0, 0.1) is 15.9 Å². The topological polar surface area (TPSA) is 108 Å². The van der Waals surface area contributed by atoms with E-state index in [1.807, 2.05) is 17.5 Å². The molecule has 0 saturated heterocycles. The SMILES string of the molecule is CCOc1ccc(C(=O)OCC(=O)NC(c2ccc(F)cc2)c2cccs2)cc1[N+](=O)[O-]. The molecule has 1 N–H and O–H groups in total. The van der Waals surface area contributed by atoms with Gasteiger partial charge in [-0.25, -0.2) is 9.18 Å². The highest BCUT2D eigenvalue weighted by atomic mass is 32.1. The number of thiophene rings is 1. The number of nitrogens with zero attached hydrogens (tertiary/aromatic N) is 1. The summed E-state index contributed by atoms with van der Waals surface area (Å²) in [6, 6.07) is 12.5. The lowest BCUT2D eigenvalue weighted by Gasteiger charge is -2.18. The Bertz CT molecular complexity index is 1100. The quantitative estimate of drug-likeness (QED) is 0.292. The molecule has 3 aromatic rings. The molecule has 0 aliphatic carbocycles. The number of hydrogen-bond acceptors (Lipinski definition) is 7. The van der Waals surface area contributed by atoms with Crippen LogP contribution in [-0.4, -0.2) is 30.0 Å². The molecule has 0 aliphatic heterocycles. The van der Waals surface area contributed by atoms with E-state index in [-0.39, 0.29) is 23.6 Å². The first-order valence-electron chi connectivity index (χ1n) is 9.55. The molecule has 3 rings (SSSR count). The summed E-state index contributed by atoms with van der Waals surface area (Å²) >= 11 is 1.41. The monoisotopic (exact) mass is 458 g/mol. The Morgan fingerprint density at radius 3 is 2.56 bits per heavy atom. The van der Waals surface area contributed by atoms with E-state index in [9.17, 15) is 24.1 Å². The van der Waals surface area contributed by atoms with Gasteiger partial charge in [0, 0.05) is 10.9 Å². The number of benzene rings is 2. The van der Waals surface area contributed by atoms with Crippen LogP contribution in [0.1, 0.15) is 33.8 Å². The van der Waals surface area contributed by atoms with Crippen LogP contribution in [-0.2, 0) is 9.53 Å². The molecule has 0 radical (unpaired) electrons. The lowest BCUT2D eigenvalue weighted by molar-refractivity contribution is -0.385. The van der Waals surface area contributed by atoms with Gasteiger partial charge in [-0.05, 0) is 48.2 Å². The van der Waals surface area contributed by atoms with Gasteiger partial charge < -0.3 is 14.8 Å². The van der Waals surface area contributed by atoms with Crippen LogP contribution in [0.4, 0.5) is 10.1 Å². The van der Waals surface area contributed by atoms with E-state index in [4.69, 9.17) is 9.47 Å². The van der Waals surface area contributed by atoms with Crippen LogP contribution in [0.25, 0.3) is 0 Å². The average molecular weight is 458 g/mol. The molecular formula is C22H19FN2O6S. The maximum Gasteiger partial charge on any atom is 0.338 e. The van der Waals surface area contributed by atoms with Gasteiger partial charge in [0.25, 0.3) is 5.91 Å². The van der Waals surface area contributed by atoms with Gasteiger partial charge in [0.2, 0.25) is 0 Å². The summed E-state index contributed by atoms with van der Waals surface area (Å²) < 4.78 is 23.5. The van der Waals surface area contributed by atoms with Crippen LogP contribution in [0.3, 0.4) is 0 Å². The molecule has 1 aromatic heterocycles. The maximum absolute atomic E-state index is 13.3. The third kappa shape index (κ3) is 5.67. The first kappa shape index (κ1) is 22.9. The minimum absolute atomic E-state index is 0.0323. The molecule has 0 bridgehead atoms. The van der Waals surface area contributed by atoms with Crippen molar-refractivity contribution in [3.05, 3.63) is 91.9 Å². The summed E-state index contributed by atoms with van der Waals surface area (Å²) in [5, 5.41) is 15.8. The molecule has 10 heteroatoms. The molecule has 1 atom stereocenters. The molecule has 1 unspecified atom stereocenters. The van der Waals surface area contributed by atoms with E-state index >= 15 is 0 Å². The van der Waals surface area contributed by atoms with Gasteiger partial charge in [-0.15, -0.1) is 11.3 Å². The third-order valence-electron chi connectivity index (χ3n) is 4.36. The Morgan fingerprint density at radius 2 is 1.94 bits per heavy atom. The van der Waals surface area contributed by atoms with E-state index in [0.29, 0.717) is 5.56 Å². The van der Waals surface area contributed by atoms with Crippen LogP contribution in [0.15, 0.2) is 60.0 Å². The fourth-order valence-electron chi connectivity index (χ4n) is 2.91. The Hall–Kier alpha value is -3.79. The van der Waals surface area contributed by atoms with Crippen molar-refractivity contribution in [2.45, 2.75) is 13.0 Å². The molecule has 0 saturated carbocycles. The predicted octanol–water partition coefficient (Wildman–Crippen LogP) is 4.26. The largest absolute Gasteiger partial charge is 0.487 e. The van der Waals surface area contributed by atoms with Crippen molar-refractivity contribution in [3.63, 3.8) is 0 Å². The number of amides is 1. The van der Waals surface area contributed by atoms with Gasteiger partial charge in [0.15, 0.2) is 12.4 Å². The fourth-order valence-corrected chi connectivity index (χ4v) is 3.71. The standard InChI is InChI=1S/C22H19FN2O6S/c1-2-30-18-10-7-15(12-17(18)25(28)29)22(27)31-13-20(26)24-21(19-4-3-11-32-19)14-5-8-16(23)9-6-14/h3-12,21H,2,13H2,1H3,(H,24,26). The number of carbonyl (C=O) groups is 2. The van der Waals surface area contributed by atoms with Gasteiger partial charge >= 0.3 is 11.7 Å². The minimum Gasteiger partial charge on any atom is -0.487 e. The van der Waals surface area contributed by atoms with Crippen LogP contribution in [0.5, 0.6) is 5.75 Å². The number of nitro benzene ring substituents is 1. The molecule has 0 fully saturated rings. The third-order valence-corrected chi connectivity index (χ3v) is 5.30. The predicted molar refractivity (Wildman–Crippen MR) is 115 cm³/mol. The van der Waals surface area contributed by atoms with Crippen molar-refractivity contribution in [2.24, 2.45) is 0 Å². The highest BCUT2D eigenvalue weighted by Crippen LogP contribution is 2.28. The molecule has 2 aromatic carbocycles. The lowest BCUT2D eigenvalue weighted by Crippen LogP contribution is -2.32. The summed E-state index contributed by atoms with van der Waals surface area (Å²) in [6.45, 7) is 1.31. The first-order valence-corrected chi connectivity index (χ1v) is 10.4. The zero-order valence-corrected chi connectivity index (χ0v) is 17.8. The molecule has 1 amide bonds. The van der Waals surface area contributed by atoms with Crippen molar-refractivity contribution in [1.29, 1.82) is 0 Å². The summed E-state index contributed by atoms with van der Waals surface area (Å²) in [5.74, 6) is -1.84. The van der Waals surface area contributed by atoms with E-state index in [1.165, 1.54) is 35.6 Å². The minimum atomic E-state index is -0.888. The van der Waals surface area contributed by atoms with E-state index in [1.54, 1.807) is 19.1 Å². The summed E-state index contributed by atoms with van der Waals surface area (Å²) in [7, 11) is 0. The Labute approximate surface area is 186 Å². The Morgan fingerprint density at radius 1 is 1.19 bits per heavy atom. The number of ether oxygens (including phenoxy) is 2. The number of nitrogens with one attached hydrogen (secondary N) is 1. The zero-order valence-electron chi connectivity index (χ0n) is 16.9. The first-order chi connectivity index (χ1) is 15.4. The molecule has 0 spiro atoms. The molecule has 166 valence electrons. The normalized spacial score (nSPS) is 11.4. The highest BCUT2D eigenvalue weighted by molar-refractivity contribution is 7.10. The summed E-state index contributed by atoms with van der Waals surface area (Å²) in [5.41, 5.74) is 0.205. The highest BCUT2D eigenvalue weighted by Gasteiger charge is 2.22. The van der Waals surface area contributed by atoms with Crippen LogP contribution >= 0.6 is 11.3 Å². The number of rotatable bonds is 9. The maximum atomic E-state index is 13.3. The number of esters is 1. The summed E-state index contributed by atoms with van der Waals surface area (Å²) in [6.07, 6.45) is 0. The van der Waals surface area contributed by atoms with Crippen molar-refractivity contribution >= 4 is 28.9 Å². The van der Waals surface area contributed by atoms with Crippen molar-refractivity contribution in [1.82, 2.24) is 5.32 Å². The van der Waals surface area contributed by atoms with E-state index < -0.39 is 35.3 Å². The number of carbonyl (C=O) groups excluding carboxylic acids is 2. The van der Waals surface area contributed by atoms with Crippen molar-refractivity contribution in [3.8, 4) is 5.75 Å². The van der Waals surface area contributed by atoms with Crippen LogP contribution in [0.2, 0.25) is 0 Å². The number of hydrogen-bond donors (Lipinski definition) is 1. The van der Waals surface area contributed by atoms with E-state index in [2.05, 4.69) is 5.32 Å². The molecular weight excluding hydrogens is 439 g/mol. The molecule has 1 heterocycles. The Balaban J connectivity index is 1.67. The molecule has 8 nitrogen and oxygen atoms in total. The van der Waals surface area contributed by atoms with Gasteiger partial charge in [-0.3, -0.25) is 14.9 Å². The van der Waals surface area contributed by atoms with Gasteiger partial charge in [0.05, 0.1) is 23.1 Å². The summed E-state index contributed by atoms with van der Waals surface area (Å²) in [4.78, 5) is 36.1. The second-order valence-corrected chi connectivity index (χ2v) is 7.50. The van der Waals surface area contributed by atoms with Crippen molar-refractivity contribution in [2.75, 3.05) is 13.2 Å². The Kier molecular flexibility index (Phi) is 7.50. The lowest BCUT2D eigenvalue weighted by atomic mass is 10.1. The second kappa shape index (κ2) is 10.5. The number of nitro groups is 1. The van der Waals surface area contributed by atoms with Crippen molar-refractivity contribution < 1.29 is 28.4 Å².